The third-order valence-electron chi connectivity index (χ3n) is 2.67. The van der Waals surface area contributed by atoms with Crippen LogP contribution in [0.3, 0.4) is 0 Å². The molecule has 0 unspecified atom stereocenters. The van der Waals surface area contributed by atoms with Gasteiger partial charge in [-0.3, -0.25) is 0 Å². The van der Waals surface area contributed by atoms with Gasteiger partial charge in [0.2, 0.25) is 5.16 Å². The second-order valence-corrected chi connectivity index (χ2v) is 5.01. The predicted octanol–water partition coefficient (Wildman–Crippen LogP) is 0.768. The number of hydrogen-bond donors (Lipinski definition) is 0. The molecular weight excluding hydrogens is 256 g/mol. The largest absolute Gasteiger partial charge is 0.370 e. The minimum Gasteiger partial charge on any atom is -0.370 e. The maximum atomic E-state index is 5.54. The smallest absolute Gasteiger partial charge is 0.211 e. The molecule has 0 N–H and O–H groups in total. The molecule has 1 saturated carbocycles. The summed E-state index contributed by atoms with van der Waals surface area (Å²) < 4.78 is 17.4. The van der Waals surface area contributed by atoms with Crippen LogP contribution in [0.1, 0.15) is 12.8 Å². The van der Waals surface area contributed by atoms with Gasteiger partial charge in [0.05, 0.1) is 19.1 Å². The zero-order chi connectivity index (χ0) is 12.8. The fraction of sp³-hybridized carbons (Fsp3) is 0.900. The Labute approximate surface area is 110 Å². The van der Waals surface area contributed by atoms with E-state index in [2.05, 4.69) is 15.5 Å². The van der Waals surface area contributed by atoms with Crippen LogP contribution in [0.25, 0.3) is 0 Å². The lowest BCUT2D eigenvalue weighted by molar-refractivity contribution is -0.113. The number of hydrogen-bond acceptors (Lipinski definition) is 7. The van der Waals surface area contributed by atoms with Gasteiger partial charge in [-0.05, 0) is 29.2 Å². The molecule has 0 amide bonds. The molecule has 1 aromatic heterocycles. The molecule has 0 bridgehead atoms. The number of thioether (sulfide) groups is 1. The molecule has 0 aromatic carbocycles. The Bertz CT molecular complexity index is 355. The second-order valence-electron chi connectivity index (χ2n) is 4.12. The van der Waals surface area contributed by atoms with Crippen molar-refractivity contribution < 1.29 is 14.2 Å². The highest BCUT2D eigenvalue weighted by Crippen LogP contribution is 2.29. The third kappa shape index (κ3) is 4.20. The first kappa shape index (κ1) is 13.7. The Morgan fingerprint density at radius 3 is 2.83 bits per heavy atom. The molecule has 0 spiro atoms. The van der Waals surface area contributed by atoms with E-state index < -0.39 is 0 Å². The van der Waals surface area contributed by atoms with Gasteiger partial charge >= 0.3 is 0 Å². The normalized spacial score (nSPS) is 15.5. The number of ether oxygens (including phenoxy) is 3. The van der Waals surface area contributed by atoms with Crippen molar-refractivity contribution in [3.05, 3.63) is 0 Å². The van der Waals surface area contributed by atoms with Crippen molar-refractivity contribution in [1.82, 2.24) is 20.2 Å². The lowest BCUT2D eigenvalue weighted by atomic mass is 10.5. The van der Waals surface area contributed by atoms with Crippen molar-refractivity contribution in [1.29, 1.82) is 0 Å². The summed E-state index contributed by atoms with van der Waals surface area (Å²) in [6, 6.07) is 0. The van der Waals surface area contributed by atoms with Gasteiger partial charge in [0, 0.05) is 14.2 Å². The quantitative estimate of drug-likeness (QED) is 0.374. The van der Waals surface area contributed by atoms with Crippen molar-refractivity contribution in [2.45, 2.75) is 30.8 Å². The van der Waals surface area contributed by atoms with Crippen LogP contribution in [0.2, 0.25) is 0 Å². The summed E-state index contributed by atoms with van der Waals surface area (Å²) in [5.74, 6) is 1.34. The molecule has 2 rings (SSSR count). The molecule has 18 heavy (non-hydrogen) atoms. The summed E-state index contributed by atoms with van der Waals surface area (Å²) in [7, 11) is 3.17. The molecule has 7 nitrogen and oxygen atoms in total. The van der Waals surface area contributed by atoms with Crippen LogP contribution in [0.4, 0.5) is 0 Å². The van der Waals surface area contributed by atoms with E-state index in [1.54, 1.807) is 18.9 Å². The van der Waals surface area contributed by atoms with E-state index >= 15 is 0 Å². The number of nitrogens with zero attached hydrogens (tertiary/aromatic N) is 4. The zero-order valence-corrected chi connectivity index (χ0v) is 11.4. The maximum absolute atomic E-state index is 5.54. The SMILES string of the molecule is COC(Cn1nnnc1SCOCC1CC1)OC. The van der Waals surface area contributed by atoms with Crippen LogP contribution in [0.15, 0.2) is 5.16 Å². The molecule has 1 heterocycles. The Kier molecular flexibility index (Phi) is 5.36. The number of rotatable bonds is 9. The summed E-state index contributed by atoms with van der Waals surface area (Å²) in [5.41, 5.74) is 0. The Balaban J connectivity index is 1.74. The number of tetrazole rings is 1. The second kappa shape index (κ2) is 7.03. The first-order valence-corrected chi connectivity index (χ1v) is 6.84. The van der Waals surface area contributed by atoms with Crippen LogP contribution in [-0.2, 0) is 20.8 Å². The van der Waals surface area contributed by atoms with E-state index in [1.807, 2.05) is 0 Å². The summed E-state index contributed by atoms with van der Waals surface area (Å²) in [5, 5.41) is 12.2. The van der Waals surface area contributed by atoms with E-state index in [1.165, 1.54) is 24.6 Å². The average Bonchev–Trinajstić information content (AvgIpc) is 3.11. The van der Waals surface area contributed by atoms with E-state index in [-0.39, 0.29) is 6.29 Å². The highest BCUT2D eigenvalue weighted by Gasteiger charge is 2.21. The lowest BCUT2D eigenvalue weighted by Gasteiger charge is -2.13. The highest BCUT2D eigenvalue weighted by atomic mass is 32.2. The van der Waals surface area contributed by atoms with Crippen molar-refractivity contribution in [2.24, 2.45) is 5.92 Å². The van der Waals surface area contributed by atoms with Gasteiger partial charge in [-0.2, -0.15) is 0 Å². The van der Waals surface area contributed by atoms with Crippen LogP contribution in [0, 0.1) is 5.92 Å². The third-order valence-corrected chi connectivity index (χ3v) is 3.50. The summed E-state index contributed by atoms with van der Waals surface area (Å²) in [6.45, 7) is 1.30. The van der Waals surface area contributed by atoms with E-state index in [0.717, 1.165) is 12.5 Å². The van der Waals surface area contributed by atoms with Crippen molar-refractivity contribution >= 4 is 11.8 Å². The standard InChI is InChI=1S/C10H18N4O3S/c1-15-9(16-2)5-14-10(11-12-13-14)18-7-17-6-8-3-4-8/h8-9H,3-7H2,1-2H3. The Morgan fingerprint density at radius 1 is 1.39 bits per heavy atom. The van der Waals surface area contributed by atoms with Gasteiger partial charge in [0.1, 0.15) is 0 Å². The molecule has 1 fully saturated rings. The van der Waals surface area contributed by atoms with E-state index in [9.17, 15) is 0 Å². The van der Waals surface area contributed by atoms with Gasteiger partial charge < -0.3 is 14.2 Å². The van der Waals surface area contributed by atoms with Crippen LogP contribution in [0.5, 0.6) is 0 Å². The van der Waals surface area contributed by atoms with Crippen molar-refractivity contribution in [3.63, 3.8) is 0 Å². The fourth-order valence-electron chi connectivity index (χ4n) is 1.39. The molecule has 0 saturated heterocycles. The van der Waals surface area contributed by atoms with Crippen LogP contribution < -0.4 is 0 Å². The van der Waals surface area contributed by atoms with Gasteiger partial charge in [0.15, 0.2) is 6.29 Å². The molecule has 0 radical (unpaired) electrons. The average molecular weight is 274 g/mol. The fourth-order valence-corrected chi connectivity index (χ4v) is 2.03. The zero-order valence-electron chi connectivity index (χ0n) is 10.6. The topological polar surface area (TPSA) is 71.3 Å². The summed E-state index contributed by atoms with van der Waals surface area (Å²) >= 11 is 1.48. The van der Waals surface area contributed by atoms with Crippen LogP contribution >= 0.6 is 11.8 Å². The molecule has 0 atom stereocenters. The predicted molar refractivity (Wildman–Crippen MR) is 65.0 cm³/mol. The van der Waals surface area contributed by atoms with Gasteiger partial charge in [0.25, 0.3) is 0 Å². The molecular formula is C10H18N4O3S. The van der Waals surface area contributed by atoms with Gasteiger partial charge in [-0.15, -0.1) is 5.10 Å². The molecule has 0 aliphatic heterocycles. The minimum atomic E-state index is -0.347. The monoisotopic (exact) mass is 274 g/mol. The maximum Gasteiger partial charge on any atom is 0.211 e. The van der Waals surface area contributed by atoms with Gasteiger partial charge in [-0.1, -0.05) is 11.8 Å². The van der Waals surface area contributed by atoms with Crippen LogP contribution in [-0.4, -0.2) is 53.3 Å². The molecule has 102 valence electrons. The lowest BCUT2D eigenvalue weighted by Crippen LogP contribution is -2.22. The van der Waals surface area contributed by atoms with Crippen molar-refractivity contribution in [2.75, 3.05) is 26.8 Å². The Hall–Kier alpha value is -0.700. The first-order valence-electron chi connectivity index (χ1n) is 5.85. The molecule has 1 aliphatic carbocycles. The first-order chi connectivity index (χ1) is 8.83. The number of aromatic nitrogens is 4. The van der Waals surface area contributed by atoms with E-state index in [4.69, 9.17) is 14.2 Å². The highest BCUT2D eigenvalue weighted by molar-refractivity contribution is 7.99. The molecule has 1 aliphatic rings. The van der Waals surface area contributed by atoms with E-state index in [0.29, 0.717) is 17.6 Å². The summed E-state index contributed by atoms with van der Waals surface area (Å²) in [6.07, 6.45) is 2.25. The number of methoxy groups -OCH3 is 2. The Morgan fingerprint density at radius 2 is 2.17 bits per heavy atom. The molecule has 8 heteroatoms. The minimum absolute atomic E-state index is 0.347. The van der Waals surface area contributed by atoms with Crippen molar-refractivity contribution in [3.8, 4) is 0 Å². The molecule has 1 aromatic rings. The van der Waals surface area contributed by atoms with Gasteiger partial charge in [-0.25, -0.2) is 4.68 Å². The summed E-state index contributed by atoms with van der Waals surface area (Å²) in [4.78, 5) is 0.